The lowest BCUT2D eigenvalue weighted by Crippen LogP contribution is -2.51. The Labute approximate surface area is 201 Å². The lowest BCUT2D eigenvalue weighted by molar-refractivity contribution is -0.142. The molecule has 0 bridgehead atoms. The van der Waals surface area contributed by atoms with Crippen LogP contribution in [0.1, 0.15) is 16.7 Å². The van der Waals surface area contributed by atoms with Crippen molar-refractivity contribution in [3.05, 3.63) is 99.8 Å². The summed E-state index contributed by atoms with van der Waals surface area (Å²) >= 11 is 3.45. The fourth-order valence-electron chi connectivity index (χ4n) is 3.44. The molecule has 0 saturated heterocycles. The average Bonchev–Trinajstić information content (AvgIpc) is 2.83. The number of nitrogens with zero attached hydrogens (tertiary/aromatic N) is 1. The first-order chi connectivity index (χ1) is 15.9. The van der Waals surface area contributed by atoms with Crippen LogP contribution in [0, 0.1) is 12.7 Å². The Bertz CT molecular complexity index is 1090. The Morgan fingerprint density at radius 3 is 2.36 bits per heavy atom. The van der Waals surface area contributed by atoms with Gasteiger partial charge in [-0.3, -0.25) is 9.59 Å². The fourth-order valence-corrected chi connectivity index (χ4v) is 3.69. The van der Waals surface area contributed by atoms with Crippen molar-refractivity contribution in [3.8, 4) is 5.75 Å². The number of benzene rings is 3. The molecule has 0 aromatic heterocycles. The van der Waals surface area contributed by atoms with Gasteiger partial charge in [-0.2, -0.15) is 0 Å². The number of halogens is 2. The van der Waals surface area contributed by atoms with Crippen LogP contribution in [0.5, 0.6) is 5.75 Å². The van der Waals surface area contributed by atoms with Crippen LogP contribution in [0.15, 0.2) is 77.3 Å². The van der Waals surface area contributed by atoms with E-state index in [9.17, 15) is 14.0 Å². The van der Waals surface area contributed by atoms with Gasteiger partial charge < -0.3 is 15.0 Å². The summed E-state index contributed by atoms with van der Waals surface area (Å²) < 4.78 is 20.1. The van der Waals surface area contributed by atoms with Crippen LogP contribution < -0.4 is 10.1 Å². The number of rotatable bonds is 9. The molecule has 0 spiro atoms. The van der Waals surface area contributed by atoms with Crippen LogP contribution in [0.2, 0.25) is 0 Å². The van der Waals surface area contributed by atoms with Crippen molar-refractivity contribution in [2.75, 3.05) is 13.7 Å². The molecule has 0 aliphatic rings. The van der Waals surface area contributed by atoms with Gasteiger partial charge in [-0.05, 0) is 53.9 Å². The van der Waals surface area contributed by atoms with Crippen LogP contribution in [0.4, 0.5) is 4.39 Å². The zero-order valence-corrected chi connectivity index (χ0v) is 20.1. The number of carbonyl (C=O) groups is 2. The van der Waals surface area contributed by atoms with Crippen molar-refractivity contribution in [2.45, 2.75) is 25.9 Å². The molecular formula is C26H26BrFN2O3. The van der Waals surface area contributed by atoms with Crippen molar-refractivity contribution < 1.29 is 18.7 Å². The highest BCUT2D eigenvalue weighted by Gasteiger charge is 2.30. The summed E-state index contributed by atoms with van der Waals surface area (Å²) in [6, 6.07) is 20.1. The largest absolute Gasteiger partial charge is 0.484 e. The number of likely N-dealkylation sites (N-methyl/N-ethyl adjacent to an activating group) is 1. The van der Waals surface area contributed by atoms with Crippen LogP contribution in [-0.4, -0.2) is 36.4 Å². The summed E-state index contributed by atoms with van der Waals surface area (Å²) in [6.07, 6.45) is 0.338. The van der Waals surface area contributed by atoms with Gasteiger partial charge in [-0.15, -0.1) is 0 Å². The monoisotopic (exact) mass is 512 g/mol. The van der Waals surface area contributed by atoms with Crippen molar-refractivity contribution in [3.63, 3.8) is 0 Å². The Hall–Kier alpha value is -3.19. The molecule has 1 atom stereocenters. The van der Waals surface area contributed by atoms with E-state index in [1.54, 1.807) is 25.2 Å². The van der Waals surface area contributed by atoms with Crippen molar-refractivity contribution >= 4 is 27.7 Å². The molecule has 0 radical (unpaired) electrons. The Kier molecular flexibility index (Phi) is 8.60. The fraction of sp³-hybridized carbons (Fsp3) is 0.231. The molecular weight excluding hydrogens is 487 g/mol. The van der Waals surface area contributed by atoms with Crippen LogP contribution in [-0.2, 0) is 22.6 Å². The van der Waals surface area contributed by atoms with Crippen LogP contribution in [0.3, 0.4) is 0 Å². The van der Waals surface area contributed by atoms with Crippen molar-refractivity contribution in [1.82, 2.24) is 10.2 Å². The molecule has 0 saturated carbocycles. The second-order valence-corrected chi connectivity index (χ2v) is 8.52. The predicted octanol–water partition coefficient (Wildman–Crippen LogP) is 4.66. The molecule has 0 fully saturated rings. The first kappa shape index (κ1) is 24.5. The molecule has 3 aromatic carbocycles. The molecule has 0 unspecified atom stereocenters. The van der Waals surface area contributed by atoms with Crippen molar-refractivity contribution in [1.29, 1.82) is 0 Å². The maximum atomic E-state index is 13.4. The molecule has 3 aromatic rings. The molecule has 3 rings (SSSR count). The molecule has 2 amide bonds. The minimum absolute atomic E-state index is 0.146. The van der Waals surface area contributed by atoms with Crippen molar-refractivity contribution in [2.24, 2.45) is 0 Å². The maximum Gasteiger partial charge on any atom is 0.261 e. The number of amides is 2. The van der Waals surface area contributed by atoms with Gasteiger partial charge in [0.05, 0.1) is 0 Å². The summed E-state index contributed by atoms with van der Waals surface area (Å²) in [5, 5.41) is 2.66. The van der Waals surface area contributed by atoms with Gasteiger partial charge >= 0.3 is 0 Å². The quantitative estimate of drug-likeness (QED) is 0.453. The molecule has 0 aliphatic carbocycles. The Morgan fingerprint density at radius 1 is 1.03 bits per heavy atom. The lowest BCUT2D eigenvalue weighted by atomic mass is 10.0. The highest BCUT2D eigenvalue weighted by atomic mass is 79.9. The molecule has 1 N–H and O–H groups in total. The van der Waals surface area contributed by atoms with Gasteiger partial charge in [0.25, 0.3) is 5.91 Å². The minimum atomic E-state index is -0.759. The highest BCUT2D eigenvalue weighted by molar-refractivity contribution is 9.10. The summed E-state index contributed by atoms with van der Waals surface area (Å²) in [5.41, 5.74) is 2.62. The van der Waals surface area contributed by atoms with Gasteiger partial charge in [0.1, 0.15) is 17.6 Å². The molecule has 7 heteroatoms. The van der Waals surface area contributed by atoms with E-state index >= 15 is 0 Å². The predicted molar refractivity (Wildman–Crippen MR) is 129 cm³/mol. The Balaban J connectivity index is 1.86. The van der Waals surface area contributed by atoms with Gasteiger partial charge in [-0.25, -0.2) is 4.39 Å². The normalized spacial score (nSPS) is 11.5. The smallest absolute Gasteiger partial charge is 0.261 e. The molecule has 172 valence electrons. The van der Waals surface area contributed by atoms with E-state index in [1.807, 2.05) is 49.4 Å². The van der Waals surface area contributed by atoms with Crippen LogP contribution in [0.25, 0.3) is 0 Å². The minimum Gasteiger partial charge on any atom is -0.484 e. The van der Waals surface area contributed by atoms with Crippen LogP contribution >= 0.6 is 15.9 Å². The second-order valence-electron chi connectivity index (χ2n) is 7.67. The number of aryl methyl sites for hydroxylation is 1. The topological polar surface area (TPSA) is 58.6 Å². The third-order valence-electron chi connectivity index (χ3n) is 5.28. The summed E-state index contributed by atoms with van der Waals surface area (Å²) in [7, 11) is 1.54. The maximum absolute atomic E-state index is 13.4. The van der Waals surface area contributed by atoms with E-state index in [0.717, 1.165) is 15.6 Å². The SMILES string of the molecule is CNC(=O)[C@@H](Cc1ccccc1)N(Cc1ccc(F)cc1)C(=O)COc1ccc(Br)c(C)c1. The van der Waals surface area contributed by atoms with Gasteiger partial charge in [-0.1, -0.05) is 58.4 Å². The zero-order chi connectivity index (χ0) is 23.8. The Morgan fingerprint density at radius 2 is 1.73 bits per heavy atom. The third-order valence-corrected chi connectivity index (χ3v) is 6.17. The molecule has 0 heterocycles. The lowest BCUT2D eigenvalue weighted by Gasteiger charge is -2.31. The molecule has 5 nitrogen and oxygen atoms in total. The van der Waals surface area contributed by atoms with E-state index in [1.165, 1.54) is 17.0 Å². The van der Waals surface area contributed by atoms with Gasteiger partial charge in [0.15, 0.2) is 6.61 Å². The highest BCUT2D eigenvalue weighted by Crippen LogP contribution is 2.22. The zero-order valence-electron chi connectivity index (χ0n) is 18.6. The van der Waals surface area contributed by atoms with Gasteiger partial charge in [0.2, 0.25) is 5.91 Å². The van der Waals surface area contributed by atoms with E-state index in [4.69, 9.17) is 4.74 Å². The summed E-state index contributed by atoms with van der Waals surface area (Å²) in [5.74, 6) is -0.429. The van der Waals surface area contributed by atoms with E-state index in [2.05, 4.69) is 21.2 Å². The first-order valence-corrected chi connectivity index (χ1v) is 11.3. The summed E-state index contributed by atoms with van der Waals surface area (Å²) in [6.45, 7) is 1.85. The van der Waals surface area contributed by atoms with E-state index in [0.29, 0.717) is 17.7 Å². The standard InChI is InChI=1S/C26H26BrFN2O3/c1-18-14-22(12-13-23(18)27)33-17-25(31)30(16-20-8-10-21(28)11-9-20)24(26(32)29-2)15-19-6-4-3-5-7-19/h3-14,24H,15-17H2,1-2H3,(H,29,32)/t24-/m1/s1. The summed E-state index contributed by atoms with van der Waals surface area (Å²) in [4.78, 5) is 27.7. The average molecular weight is 513 g/mol. The third kappa shape index (κ3) is 6.89. The van der Waals surface area contributed by atoms with Gasteiger partial charge in [0, 0.05) is 24.5 Å². The number of ether oxygens (including phenoxy) is 1. The first-order valence-electron chi connectivity index (χ1n) is 10.6. The number of nitrogens with one attached hydrogen (secondary N) is 1. The number of carbonyl (C=O) groups excluding carboxylic acids is 2. The second kappa shape index (κ2) is 11.6. The number of hydrogen-bond acceptors (Lipinski definition) is 3. The number of hydrogen-bond donors (Lipinski definition) is 1. The molecule has 33 heavy (non-hydrogen) atoms. The van der Waals surface area contributed by atoms with E-state index < -0.39 is 6.04 Å². The molecule has 0 aliphatic heterocycles. The van der Waals surface area contributed by atoms with E-state index in [-0.39, 0.29) is 30.8 Å².